The Bertz CT molecular complexity index is 1380. The molecule has 2 fully saturated rings. The van der Waals surface area contributed by atoms with Crippen molar-refractivity contribution in [1.29, 1.82) is 0 Å². The van der Waals surface area contributed by atoms with Crippen LogP contribution in [0.2, 0.25) is 15.1 Å². The van der Waals surface area contributed by atoms with Crippen molar-refractivity contribution in [2.24, 2.45) is 11.8 Å². The van der Waals surface area contributed by atoms with Crippen LogP contribution < -0.4 is 4.72 Å². The molecule has 0 aromatic heterocycles. The van der Waals surface area contributed by atoms with Crippen LogP contribution >= 0.6 is 34.8 Å². The number of nitrogens with zero attached hydrogens (tertiary/aromatic N) is 2. The zero-order valence-corrected chi connectivity index (χ0v) is 25.8. The molecule has 0 aliphatic carbocycles. The zero-order valence-electron chi connectivity index (χ0n) is 22.8. The zero-order chi connectivity index (χ0) is 29.2. The van der Waals surface area contributed by atoms with Gasteiger partial charge in [0.15, 0.2) is 0 Å². The van der Waals surface area contributed by atoms with Gasteiger partial charge in [0, 0.05) is 31.2 Å². The van der Waals surface area contributed by atoms with E-state index in [1.807, 2.05) is 20.8 Å². The van der Waals surface area contributed by atoms with Crippen LogP contribution in [0.1, 0.15) is 56.8 Å². The molecule has 0 bridgehead atoms. The molecule has 2 aliphatic heterocycles. The highest BCUT2D eigenvalue weighted by molar-refractivity contribution is 7.92. The predicted octanol–water partition coefficient (Wildman–Crippen LogP) is 6.95. The number of hydrogen-bond acceptors (Lipinski definition) is 5. The standard InChI is InChI=1S/C28H34Cl3N3O5S/c1-28(2,3)39-27(36)34-12-6-8-19(17-34)18-7-5-11-33(16-18)26(35)22-14-25(24(31)15-23(22)30)40(37,38)32-21-10-4-9-20(29)13-21/h4,9-10,13-15,18-19,32H,5-8,11-12,16-17H2,1-3H3. The van der Waals surface area contributed by atoms with Crippen molar-refractivity contribution in [3.63, 3.8) is 0 Å². The molecular weight excluding hydrogens is 597 g/mol. The average molecular weight is 631 g/mol. The lowest BCUT2D eigenvalue weighted by atomic mass is 9.80. The van der Waals surface area contributed by atoms with E-state index in [1.54, 1.807) is 28.0 Å². The van der Waals surface area contributed by atoms with E-state index in [1.165, 1.54) is 18.2 Å². The molecule has 2 atom stereocenters. The molecule has 2 aromatic carbocycles. The van der Waals surface area contributed by atoms with Gasteiger partial charge in [-0.2, -0.15) is 0 Å². The third kappa shape index (κ3) is 7.55. The summed E-state index contributed by atoms with van der Waals surface area (Å²) in [7, 11) is -4.14. The summed E-state index contributed by atoms with van der Waals surface area (Å²) in [6.07, 6.45) is 3.26. The normalized spacial score (nSPS) is 20.2. The molecule has 40 heavy (non-hydrogen) atoms. The van der Waals surface area contributed by atoms with Crippen LogP contribution in [0.15, 0.2) is 41.3 Å². The van der Waals surface area contributed by atoms with Gasteiger partial charge in [-0.05, 0) is 88.6 Å². The van der Waals surface area contributed by atoms with Crippen LogP contribution in [0.3, 0.4) is 0 Å². The minimum Gasteiger partial charge on any atom is -0.444 e. The Hall–Kier alpha value is -2.20. The van der Waals surface area contributed by atoms with Crippen molar-refractivity contribution in [2.45, 2.75) is 57.0 Å². The second-order valence-electron chi connectivity index (χ2n) is 11.4. The van der Waals surface area contributed by atoms with Gasteiger partial charge in [0.1, 0.15) is 10.5 Å². The van der Waals surface area contributed by atoms with Gasteiger partial charge in [0.2, 0.25) is 0 Å². The third-order valence-corrected chi connectivity index (χ3v) is 9.53. The number of ether oxygens (including phenoxy) is 1. The van der Waals surface area contributed by atoms with Crippen molar-refractivity contribution in [1.82, 2.24) is 9.80 Å². The van der Waals surface area contributed by atoms with Gasteiger partial charge >= 0.3 is 6.09 Å². The van der Waals surface area contributed by atoms with Crippen LogP contribution in [0.25, 0.3) is 0 Å². The van der Waals surface area contributed by atoms with Gasteiger partial charge in [-0.15, -0.1) is 0 Å². The summed E-state index contributed by atoms with van der Waals surface area (Å²) in [5, 5.41) is 0.342. The number of piperidine rings is 2. The van der Waals surface area contributed by atoms with Gasteiger partial charge in [0.25, 0.3) is 15.9 Å². The second-order valence-corrected chi connectivity index (χ2v) is 14.3. The lowest BCUT2D eigenvalue weighted by Gasteiger charge is -2.41. The van der Waals surface area contributed by atoms with Crippen molar-refractivity contribution >= 4 is 62.5 Å². The topological polar surface area (TPSA) is 96.0 Å². The van der Waals surface area contributed by atoms with Crippen molar-refractivity contribution in [3.05, 3.63) is 57.0 Å². The second kappa shape index (κ2) is 12.3. The number of sulfonamides is 1. The molecule has 0 spiro atoms. The summed E-state index contributed by atoms with van der Waals surface area (Å²) in [5.41, 5.74) is -0.235. The van der Waals surface area contributed by atoms with Gasteiger partial charge in [-0.3, -0.25) is 9.52 Å². The maximum atomic E-state index is 13.7. The number of likely N-dealkylation sites (tertiary alicyclic amines) is 2. The van der Waals surface area contributed by atoms with E-state index in [-0.39, 0.29) is 50.0 Å². The number of amides is 2. The van der Waals surface area contributed by atoms with Crippen molar-refractivity contribution < 1.29 is 22.7 Å². The molecule has 2 aliphatic rings. The van der Waals surface area contributed by atoms with Crippen LogP contribution in [-0.2, 0) is 14.8 Å². The number of benzene rings is 2. The van der Waals surface area contributed by atoms with E-state index in [0.717, 1.165) is 25.7 Å². The summed E-state index contributed by atoms with van der Waals surface area (Å²) < 4.78 is 34.4. The fraction of sp³-hybridized carbons (Fsp3) is 0.500. The van der Waals surface area contributed by atoms with Crippen LogP contribution in [-0.4, -0.2) is 62.0 Å². The molecule has 218 valence electrons. The highest BCUT2D eigenvalue weighted by Crippen LogP contribution is 2.35. The highest BCUT2D eigenvalue weighted by atomic mass is 35.5. The van der Waals surface area contributed by atoms with Crippen molar-refractivity contribution in [3.8, 4) is 0 Å². The maximum Gasteiger partial charge on any atom is 0.410 e. The van der Waals surface area contributed by atoms with E-state index in [0.29, 0.717) is 31.2 Å². The molecule has 2 unspecified atom stereocenters. The van der Waals surface area contributed by atoms with Gasteiger partial charge in [-0.1, -0.05) is 40.9 Å². The fourth-order valence-corrected chi connectivity index (χ4v) is 7.39. The van der Waals surface area contributed by atoms with Gasteiger partial charge in [0.05, 0.1) is 21.3 Å². The minimum atomic E-state index is -4.14. The van der Waals surface area contributed by atoms with E-state index in [9.17, 15) is 18.0 Å². The van der Waals surface area contributed by atoms with Crippen LogP contribution in [0.5, 0.6) is 0 Å². The summed E-state index contributed by atoms with van der Waals surface area (Å²) in [4.78, 5) is 29.5. The molecule has 12 heteroatoms. The lowest BCUT2D eigenvalue weighted by molar-refractivity contribution is 0.00854. The van der Waals surface area contributed by atoms with E-state index >= 15 is 0 Å². The Kier molecular flexibility index (Phi) is 9.49. The molecule has 1 N–H and O–H groups in total. The number of carbonyl (C=O) groups excluding carboxylic acids is 2. The molecule has 2 heterocycles. The Morgan fingerprint density at radius 1 is 0.925 bits per heavy atom. The molecule has 2 saturated heterocycles. The Labute approximate surface area is 250 Å². The molecule has 2 amide bonds. The van der Waals surface area contributed by atoms with Crippen molar-refractivity contribution in [2.75, 3.05) is 30.9 Å². The first-order valence-corrected chi connectivity index (χ1v) is 15.9. The third-order valence-electron chi connectivity index (χ3n) is 7.14. The molecule has 2 aromatic rings. The molecule has 0 radical (unpaired) electrons. The largest absolute Gasteiger partial charge is 0.444 e. The van der Waals surface area contributed by atoms with Crippen LogP contribution in [0.4, 0.5) is 10.5 Å². The summed E-state index contributed by atoms with van der Waals surface area (Å²) in [5.74, 6) is 0.0717. The Morgan fingerprint density at radius 3 is 2.17 bits per heavy atom. The molecule has 8 nitrogen and oxygen atoms in total. The summed E-state index contributed by atoms with van der Waals surface area (Å²) in [6.45, 7) is 7.81. The van der Waals surface area contributed by atoms with Gasteiger partial charge < -0.3 is 14.5 Å². The number of anilines is 1. The fourth-order valence-electron chi connectivity index (χ4n) is 5.30. The highest BCUT2D eigenvalue weighted by Gasteiger charge is 2.35. The number of rotatable bonds is 5. The van der Waals surface area contributed by atoms with E-state index in [4.69, 9.17) is 39.5 Å². The van der Waals surface area contributed by atoms with E-state index < -0.39 is 15.6 Å². The first kappa shape index (κ1) is 30.8. The monoisotopic (exact) mass is 629 g/mol. The van der Waals surface area contributed by atoms with E-state index in [2.05, 4.69) is 4.72 Å². The Balaban J connectivity index is 1.50. The number of carbonyl (C=O) groups is 2. The SMILES string of the molecule is CC(C)(C)OC(=O)N1CCCC(C2CCCN(C(=O)c3cc(S(=O)(=O)Nc4cccc(Cl)c4)c(Cl)cc3Cl)C2)C1. The Morgan fingerprint density at radius 2 is 1.55 bits per heavy atom. The average Bonchev–Trinajstić information content (AvgIpc) is 2.87. The lowest BCUT2D eigenvalue weighted by Crippen LogP contribution is -2.48. The smallest absolute Gasteiger partial charge is 0.410 e. The maximum absolute atomic E-state index is 13.7. The van der Waals surface area contributed by atoms with Crippen LogP contribution in [0, 0.1) is 11.8 Å². The first-order chi connectivity index (χ1) is 18.7. The minimum absolute atomic E-state index is 0.0669. The quantitative estimate of drug-likeness (QED) is 0.386. The molecule has 0 saturated carbocycles. The first-order valence-electron chi connectivity index (χ1n) is 13.3. The summed E-state index contributed by atoms with van der Waals surface area (Å²) in [6, 6.07) is 8.78. The van der Waals surface area contributed by atoms with Gasteiger partial charge in [-0.25, -0.2) is 13.2 Å². The predicted molar refractivity (Wildman–Crippen MR) is 158 cm³/mol. The number of hydrogen-bond donors (Lipinski definition) is 1. The molecule has 4 rings (SSSR count). The number of nitrogens with one attached hydrogen (secondary N) is 1. The number of halogens is 3. The molecular formula is C28H34Cl3N3O5S. The summed E-state index contributed by atoms with van der Waals surface area (Å²) >= 11 is 18.7.